The topological polar surface area (TPSA) is 78.6 Å². The molecule has 3 heterocycles. The van der Waals surface area contributed by atoms with Crippen molar-refractivity contribution in [2.45, 2.75) is 32.4 Å². The van der Waals surface area contributed by atoms with Crippen LogP contribution in [0.4, 0.5) is 8.78 Å². The average Bonchev–Trinajstić information content (AvgIpc) is 3.11. The van der Waals surface area contributed by atoms with E-state index in [2.05, 4.69) is 5.10 Å². The maximum atomic E-state index is 13.6. The maximum absolute atomic E-state index is 13.6. The minimum absolute atomic E-state index is 0.208. The smallest absolute Gasteiger partial charge is 0.343 e. The van der Waals surface area contributed by atoms with Crippen molar-refractivity contribution in [3.05, 3.63) is 81.0 Å². The molecule has 35 heavy (non-hydrogen) atoms. The summed E-state index contributed by atoms with van der Waals surface area (Å²) in [6, 6.07) is 4.76. The van der Waals surface area contributed by atoms with Crippen molar-refractivity contribution >= 4 is 5.97 Å². The molecule has 3 aromatic rings. The number of nitrogens with zero attached hydrogens (tertiary/aromatic N) is 4. The zero-order chi connectivity index (χ0) is 24.9. The van der Waals surface area contributed by atoms with E-state index >= 15 is 0 Å². The Bertz CT molecular complexity index is 1250. The molecule has 0 spiro atoms. The second kappa shape index (κ2) is 10.8. The van der Waals surface area contributed by atoms with Gasteiger partial charge in [0.1, 0.15) is 22.9 Å². The van der Waals surface area contributed by atoms with E-state index in [0.29, 0.717) is 56.9 Å². The highest BCUT2D eigenvalue weighted by molar-refractivity contribution is 5.93. The van der Waals surface area contributed by atoms with Gasteiger partial charge in [-0.25, -0.2) is 13.6 Å². The summed E-state index contributed by atoms with van der Waals surface area (Å²) in [4.78, 5) is 27.6. The van der Waals surface area contributed by atoms with Crippen LogP contribution in [0.2, 0.25) is 0 Å². The number of pyridine rings is 1. The van der Waals surface area contributed by atoms with Crippen molar-refractivity contribution in [2.24, 2.45) is 7.05 Å². The highest BCUT2D eigenvalue weighted by Gasteiger charge is 2.26. The van der Waals surface area contributed by atoms with Crippen molar-refractivity contribution < 1.29 is 23.0 Å². The minimum Gasteiger partial charge on any atom is -0.492 e. The number of aryl methyl sites for hydroxylation is 2. The fourth-order valence-corrected chi connectivity index (χ4v) is 4.41. The Morgan fingerprint density at radius 1 is 1.09 bits per heavy atom. The van der Waals surface area contributed by atoms with Gasteiger partial charge in [0.25, 0.3) is 5.56 Å². The molecule has 1 aromatic carbocycles. The molecule has 0 amide bonds. The zero-order valence-electron chi connectivity index (χ0n) is 19.8. The molecule has 0 saturated heterocycles. The molecule has 0 saturated carbocycles. The molecule has 0 radical (unpaired) electrons. The first kappa shape index (κ1) is 24.6. The molecule has 2 aromatic heterocycles. The van der Waals surface area contributed by atoms with E-state index < -0.39 is 17.6 Å². The van der Waals surface area contributed by atoms with E-state index in [0.717, 1.165) is 18.1 Å². The van der Waals surface area contributed by atoms with E-state index in [4.69, 9.17) is 9.47 Å². The third-order valence-corrected chi connectivity index (χ3v) is 6.03. The molecule has 8 nitrogen and oxygen atoms in total. The maximum Gasteiger partial charge on any atom is 0.343 e. The first-order valence-corrected chi connectivity index (χ1v) is 11.5. The summed E-state index contributed by atoms with van der Waals surface area (Å²) in [5.74, 6) is -1.63. The fourth-order valence-electron chi connectivity index (χ4n) is 4.41. The second-order valence-corrected chi connectivity index (χ2v) is 8.59. The Kier molecular flexibility index (Phi) is 7.60. The molecule has 0 aliphatic carbocycles. The lowest BCUT2D eigenvalue weighted by molar-refractivity contribution is 0.0593. The Hall–Kier alpha value is -3.53. The normalized spacial score (nSPS) is 13.8. The molecule has 4 rings (SSSR count). The van der Waals surface area contributed by atoms with Gasteiger partial charge >= 0.3 is 5.97 Å². The van der Waals surface area contributed by atoms with Crippen LogP contribution in [0.3, 0.4) is 0 Å². The molecule has 10 heteroatoms. The van der Waals surface area contributed by atoms with Gasteiger partial charge in [0.15, 0.2) is 0 Å². The van der Waals surface area contributed by atoms with Gasteiger partial charge in [-0.3, -0.25) is 14.4 Å². The van der Waals surface area contributed by atoms with Crippen molar-refractivity contribution in [2.75, 3.05) is 26.8 Å². The van der Waals surface area contributed by atoms with Gasteiger partial charge in [-0.2, -0.15) is 5.10 Å². The number of aromatic nitrogens is 3. The number of methoxy groups -OCH3 is 1. The fraction of sp³-hybridized carbons (Fsp3) is 0.400. The highest BCUT2D eigenvalue weighted by Crippen LogP contribution is 2.25. The summed E-state index contributed by atoms with van der Waals surface area (Å²) in [6.07, 6.45) is 5.53. The molecular weight excluding hydrogens is 458 g/mol. The Morgan fingerprint density at radius 2 is 1.86 bits per heavy atom. The standard InChI is InChI=1S/C25H28F2N4O4/c1-29-15-17(14-28-29)4-3-9-35-22-13-23(32)31-8-7-30(6-5-21(31)24(22)25(33)34-2)16-18-10-19(26)12-20(27)11-18/h10-15H,3-9,16H2,1-2H3. The molecule has 0 unspecified atom stereocenters. The molecule has 0 atom stereocenters. The van der Waals surface area contributed by atoms with Crippen LogP contribution in [0, 0.1) is 11.6 Å². The number of fused-ring (bicyclic) bond motifs is 1. The summed E-state index contributed by atoms with van der Waals surface area (Å²) in [6.45, 7) is 1.95. The van der Waals surface area contributed by atoms with E-state index in [1.165, 1.54) is 25.3 Å². The number of halogens is 2. The number of benzene rings is 1. The van der Waals surface area contributed by atoms with Crippen molar-refractivity contribution in [1.29, 1.82) is 0 Å². The zero-order valence-corrected chi connectivity index (χ0v) is 19.8. The van der Waals surface area contributed by atoms with Crippen molar-refractivity contribution in [3.63, 3.8) is 0 Å². The van der Waals surface area contributed by atoms with E-state index in [1.807, 2.05) is 18.1 Å². The predicted molar refractivity (Wildman–Crippen MR) is 124 cm³/mol. The number of hydrogen-bond acceptors (Lipinski definition) is 6. The Labute approximate surface area is 201 Å². The number of esters is 1. The minimum atomic E-state index is -0.632. The average molecular weight is 487 g/mol. The predicted octanol–water partition coefficient (Wildman–Crippen LogP) is 2.72. The number of rotatable bonds is 8. The molecule has 1 aliphatic heterocycles. The Morgan fingerprint density at radius 3 is 2.54 bits per heavy atom. The van der Waals surface area contributed by atoms with Crippen LogP contribution in [-0.4, -0.2) is 52.0 Å². The van der Waals surface area contributed by atoms with Gasteiger partial charge < -0.3 is 14.0 Å². The summed E-state index contributed by atoms with van der Waals surface area (Å²) in [7, 11) is 3.14. The number of carbonyl (C=O) groups excluding carboxylic acids is 1. The third-order valence-electron chi connectivity index (χ3n) is 6.03. The van der Waals surface area contributed by atoms with Crippen LogP contribution in [0.15, 0.2) is 41.5 Å². The summed E-state index contributed by atoms with van der Waals surface area (Å²) in [5, 5.41) is 4.14. The first-order valence-electron chi connectivity index (χ1n) is 11.5. The highest BCUT2D eigenvalue weighted by atomic mass is 19.1. The molecular formula is C25H28F2N4O4. The molecule has 0 fully saturated rings. The van der Waals surface area contributed by atoms with Gasteiger partial charge in [0, 0.05) is 63.7 Å². The molecule has 0 N–H and O–H groups in total. The quantitative estimate of drug-likeness (QED) is 0.360. The number of ether oxygens (including phenoxy) is 2. The van der Waals surface area contributed by atoms with Crippen molar-refractivity contribution in [3.8, 4) is 5.75 Å². The van der Waals surface area contributed by atoms with Gasteiger partial charge in [0.05, 0.1) is 19.9 Å². The van der Waals surface area contributed by atoms with Crippen LogP contribution in [0.25, 0.3) is 0 Å². The van der Waals surface area contributed by atoms with Gasteiger partial charge in [-0.1, -0.05) is 0 Å². The Balaban J connectivity index is 1.51. The van der Waals surface area contributed by atoms with Crippen LogP contribution in [0.1, 0.15) is 33.6 Å². The second-order valence-electron chi connectivity index (χ2n) is 8.59. The van der Waals surface area contributed by atoms with Gasteiger partial charge in [-0.15, -0.1) is 0 Å². The van der Waals surface area contributed by atoms with Gasteiger partial charge in [-0.05, 0) is 36.1 Å². The molecule has 0 bridgehead atoms. The van der Waals surface area contributed by atoms with E-state index in [1.54, 1.807) is 15.4 Å². The lowest BCUT2D eigenvalue weighted by atomic mass is 10.1. The van der Waals surface area contributed by atoms with E-state index in [-0.39, 0.29) is 16.9 Å². The molecule has 1 aliphatic rings. The summed E-state index contributed by atoms with van der Waals surface area (Å²) >= 11 is 0. The van der Waals surface area contributed by atoms with Crippen molar-refractivity contribution in [1.82, 2.24) is 19.2 Å². The van der Waals surface area contributed by atoms with Gasteiger partial charge in [0.2, 0.25) is 0 Å². The largest absolute Gasteiger partial charge is 0.492 e. The SMILES string of the molecule is COC(=O)c1c(OCCCc2cnn(C)c2)cc(=O)n2c1CCN(Cc1cc(F)cc(F)c1)CC2. The molecule has 186 valence electrons. The lowest BCUT2D eigenvalue weighted by Gasteiger charge is -2.19. The third kappa shape index (κ3) is 5.94. The number of hydrogen-bond donors (Lipinski definition) is 0. The summed E-state index contributed by atoms with van der Waals surface area (Å²) in [5.41, 5.74) is 2.09. The van der Waals surface area contributed by atoms with Crippen LogP contribution in [0.5, 0.6) is 5.75 Å². The van der Waals surface area contributed by atoms with Crippen LogP contribution >= 0.6 is 0 Å². The monoisotopic (exact) mass is 486 g/mol. The number of carbonyl (C=O) groups is 1. The van der Waals surface area contributed by atoms with E-state index in [9.17, 15) is 18.4 Å². The van der Waals surface area contributed by atoms with Crippen LogP contribution in [-0.2, 0) is 37.7 Å². The summed E-state index contributed by atoms with van der Waals surface area (Å²) < 4.78 is 41.4. The van der Waals surface area contributed by atoms with Crippen LogP contribution < -0.4 is 10.3 Å². The lowest BCUT2D eigenvalue weighted by Crippen LogP contribution is -2.29. The first-order chi connectivity index (χ1) is 16.8.